The van der Waals surface area contributed by atoms with Gasteiger partial charge in [0, 0.05) is 9.37 Å². The lowest BCUT2D eigenvalue weighted by Crippen LogP contribution is -2.36. The molecule has 6 heteroatoms. The predicted molar refractivity (Wildman–Crippen MR) is 138 cm³/mol. The van der Waals surface area contributed by atoms with Gasteiger partial charge in [-0.05, 0) is 59.4 Å². The number of nitrogens with zero attached hydrogens (tertiary/aromatic N) is 2. The predicted octanol–water partition coefficient (Wildman–Crippen LogP) is 5.49. The van der Waals surface area contributed by atoms with Gasteiger partial charge in [-0.25, -0.2) is 4.99 Å². The molecule has 5 rings (SSSR count). The molecule has 1 aliphatic heterocycles. The Labute approximate surface area is 202 Å². The van der Waals surface area contributed by atoms with Gasteiger partial charge in [0.05, 0.1) is 16.3 Å². The van der Waals surface area contributed by atoms with E-state index in [1.807, 2.05) is 53.1 Å². The van der Waals surface area contributed by atoms with Crippen LogP contribution in [0.1, 0.15) is 22.7 Å². The van der Waals surface area contributed by atoms with Crippen molar-refractivity contribution in [2.24, 2.45) is 4.99 Å². The third-order valence-corrected chi connectivity index (χ3v) is 7.60. The fourth-order valence-corrected chi connectivity index (χ4v) is 5.39. The maximum absolute atomic E-state index is 13.5. The van der Waals surface area contributed by atoms with Crippen molar-refractivity contribution < 1.29 is 0 Å². The monoisotopic (exact) mass is 518 g/mol. The second-order valence-electron chi connectivity index (χ2n) is 7.37. The molecule has 0 radical (unpaired) electrons. The van der Waals surface area contributed by atoms with Crippen molar-refractivity contribution in [3.8, 4) is 0 Å². The highest BCUT2D eigenvalue weighted by atomic mass is 79.9. The van der Waals surface area contributed by atoms with Crippen molar-refractivity contribution in [1.29, 1.82) is 0 Å². The first-order valence-electron chi connectivity index (χ1n) is 10.1. The summed E-state index contributed by atoms with van der Waals surface area (Å²) in [6.07, 6.45) is 6.09. The summed E-state index contributed by atoms with van der Waals surface area (Å²) in [7, 11) is 0. The summed E-state index contributed by atoms with van der Waals surface area (Å²) in [5.74, 6) is 0. The Hall–Kier alpha value is -2.67. The molecule has 0 fully saturated rings. The molecule has 4 aromatic rings. The van der Waals surface area contributed by atoms with E-state index in [0.717, 1.165) is 31.7 Å². The van der Waals surface area contributed by atoms with Gasteiger partial charge >= 0.3 is 0 Å². The first kappa shape index (κ1) is 21.2. The Morgan fingerprint density at radius 2 is 1.72 bits per heavy atom. The summed E-state index contributed by atoms with van der Waals surface area (Å²) in [6, 6.07) is 26.3. The number of aromatic nitrogens is 1. The highest BCUT2D eigenvalue weighted by Crippen LogP contribution is 2.27. The zero-order chi connectivity index (χ0) is 22.1. The lowest BCUT2D eigenvalue weighted by Gasteiger charge is -2.19. The molecule has 1 unspecified atom stereocenters. The van der Waals surface area contributed by atoms with E-state index in [1.165, 1.54) is 16.2 Å². The Kier molecular flexibility index (Phi) is 6.00. The fraction of sp³-hybridized carbons (Fsp3) is 0.0769. The Morgan fingerprint density at radius 1 is 1.00 bits per heavy atom. The van der Waals surface area contributed by atoms with Crippen molar-refractivity contribution in [3.05, 3.63) is 126 Å². The van der Waals surface area contributed by atoms with Crippen LogP contribution in [0.4, 0.5) is 0 Å². The summed E-state index contributed by atoms with van der Waals surface area (Å²) in [5, 5.41) is 0. The first-order chi connectivity index (χ1) is 15.6. The number of benzene rings is 3. The van der Waals surface area contributed by atoms with Crippen molar-refractivity contribution >= 4 is 50.8 Å². The second kappa shape index (κ2) is 9.06. The average molecular weight is 519 g/mol. The maximum atomic E-state index is 13.5. The SMILES string of the molecule is CSc1ccc(C=c2sc3n(c2=O)C(c2ccc(Br)cc2)C=C(c2ccccc2)N=3)cc1. The van der Waals surface area contributed by atoms with Crippen molar-refractivity contribution in [2.75, 3.05) is 6.26 Å². The number of fused-ring (bicyclic) bond motifs is 1. The number of thioether (sulfide) groups is 1. The van der Waals surface area contributed by atoms with E-state index in [9.17, 15) is 4.79 Å². The molecule has 32 heavy (non-hydrogen) atoms. The lowest BCUT2D eigenvalue weighted by molar-refractivity contribution is 0.644. The first-order valence-corrected chi connectivity index (χ1v) is 12.9. The van der Waals surface area contributed by atoms with Crippen LogP contribution in [-0.4, -0.2) is 10.8 Å². The largest absolute Gasteiger partial charge is 0.272 e. The highest BCUT2D eigenvalue weighted by molar-refractivity contribution is 9.10. The van der Waals surface area contributed by atoms with E-state index in [4.69, 9.17) is 4.99 Å². The van der Waals surface area contributed by atoms with Gasteiger partial charge in [0.25, 0.3) is 5.56 Å². The van der Waals surface area contributed by atoms with Gasteiger partial charge in [-0.2, -0.15) is 0 Å². The van der Waals surface area contributed by atoms with Crippen LogP contribution in [0.3, 0.4) is 0 Å². The van der Waals surface area contributed by atoms with Gasteiger partial charge in [0.15, 0.2) is 4.80 Å². The number of hydrogen-bond donors (Lipinski definition) is 0. The summed E-state index contributed by atoms with van der Waals surface area (Å²) >= 11 is 6.65. The number of thiazole rings is 1. The van der Waals surface area contributed by atoms with Gasteiger partial charge in [0.1, 0.15) is 0 Å². The average Bonchev–Trinajstić information content (AvgIpc) is 3.15. The van der Waals surface area contributed by atoms with Gasteiger partial charge in [-0.3, -0.25) is 9.36 Å². The summed E-state index contributed by atoms with van der Waals surface area (Å²) in [6.45, 7) is 0. The Balaban J connectivity index is 1.69. The van der Waals surface area contributed by atoms with Crippen LogP contribution in [-0.2, 0) is 0 Å². The van der Waals surface area contributed by atoms with E-state index in [0.29, 0.717) is 4.53 Å². The van der Waals surface area contributed by atoms with E-state index in [-0.39, 0.29) is 11.6 Å². The molecule has 0 saturated heterocycles. The van der Waals surface area contributed by atoms with E-state index in [2.05, 4.69) is 64.7 Å². The van der Waals surface area contributed by atoms with Crippen LogP contribution in [0.5, 0.6) is 0 Å². The molecule has 3 aromatic carbocycles. The quantitative estimate of drug-likeness (QED) is 0.335. The van der Waals surface area contributed by atoms with Gasteiger partial charge in [0.2, 0.25) is 0 Å². The molecule has 1 aromatic heterocycles. The third kappa shape index (κ3) is 4.18. The maximum Gasteiger partial charge on any atom is 0.271 e. The Bertz CT molecular complexity index is 1470. The third-order valence-electron chi connectivity index (χ3n) is 5.34. The van der Waals surface area contributed by atoms with Crippen LogP contribution in [0.15, 0.2) is 104 Å². The fourth-order valence-electron chi connectivity index (χ4n) is 3.70. The van der Waals surface area contributed by atoms with Crippen molar-refractivity contribution in [2.45, 2.75) is 10.9 Å². The summed E-state index contributed by atoms with van der Waals surface area (Å²) in [5.41, 5.74) is 3.97. The number of rotatable bonds is 4. The standard InChI is InChI=1S/C26H19BrN2OS2/c1-31-21-13-7-17(8-14-21)15-24-25(30)29-23(19-9-11-20(27)12-10-19)16-22(28-26(29)32-24)18-5-3-2-4-6-18/h2-16,23H,1H3. The molecule has 0 aliphatic carbocycles. The highest BCUT2D eigenvalue weighted by Gasteiger charge is 2.22. The molecule has 1 atom stereocenters. The molecule has 3 nitrogen and oxygen atoms in total. The number of hydrogen-bond acceptors (Lipinski definition) is 4. The van der Waals surface area contributed by atoms with Gasteiger partial charge in [-0.1, -0.05) is 81.9 Å². The molecule has 2 heterocycles. The van der Waals surface area contributed by atoms with Crippen LogP contribution >= 0.6 is 39.0 Å². The molecule has 1 aliphatic rings. The minimum atomic E-state index is -0.212. The molecule has 0 spiro atoms. The molecule has 0 saturated carbocycles. The number of halogens is 1. The second-order valence-corrected chi connectivity index (χ2v) is 10.2. The van der Waals surface area contributed by atoms with E-state index >= 15 is 0 Å². The van der Waals surface area contributed by atoms with Gasteiger partial charge in [-0.15, -0.1) is 11.8 Å². The van der Waals surface area contributed by atoms with E-state index in [1.54, 1.807) is 11.8 Å². The minimum Gasteiger partial charge on any atom is -0.272 e. The molecular weight excluding hydrogens is 500 g/mol. The topological polar surface area (TPSA) is 34.4 Å². The summed E-state index contributed by atoms with van der Waals surface area (Å²) in [4.78, 5) is 20.3. The molecule has 158 valence electrons. The van der Waals surface area contributed by atoms with Crippen molar-refractivity contribution in [3.63, 3.8) is 0 Å². The van der Waals surface area contributed by atoms with Crippen LogP contribution < -0.4 is 14.9 Å². The molecule has 0 amide bonds. The Morgan fingerprint density at radius 3 is 2.41 bits per heavy atom. The van der Waals surface area contributed by atoms with E-state index < -0.39 is 0 Å². The zero-order valence-corrected chi connectivity index (χ0v) is 20.5. The number of allylic oxidation sites excluding steroid dienone is 1. The lowest BCUT2D eigenvalue weighted by atomic mass is 10.0. The van der Waals surface area contributed by atoms with Crippen LogP contribution in [0.2, 0.25) is 0 Å². The van der Waals surface area contributed by atoms with Crippen molar-refractivity contribution in [1.82, 2.24) is 4.57 Å². The smallest absolute Gasteiger partial charge is 0.271 e. The minimum absolute atomic E-state index is 0.0148. The van der Waals surface area contributed by atoms with Crippen LogP contribution in [0, 0.1) is 0 Å². The van der Waals surface area contributed by atoms with Gasteiger partial charge < -0.3 is 0 Å². The molecule has 0 bridgehead atoms. The molecule has 0 N–H and O–H groups in total. The van der Waals surface area contributed by atoms with Crippen LogP contribution in [0.25, 0.3) is 11.8 Å². The zero-order valence-electron chi connectivity index (χ0n) is 17.2. The summed E-state index contributed by atoms with van der Waals surface area (Å²) < 4.78 is 3.50. The normalized spacial score (nSPS) is 15.8. The molecular formula is C26H19BrN2OS2.